The lowest BCUT2D eigenvalue weighted by molar-refractivity contribution is 0.102. The normalized spacial score (nSPS) is 10.6. The van der Waals surface area contributed by atoms with Crippen molar-refractivity contribution >= 4 is 50.6 Å². The van der Waals surface area contributed by atoms with Crippen molar-refractivity contribution in [3.8, 4) is 0 Å². The van der Waals surface area contributed by atoms with Gasteiger partial charge in [-0.25, -0.2) is 14.8 Å². The second kappa shape index (κ2) is 8.90. The van der Waals surface area contributed by atoms with Crippen molar-refractivity contribution in [2.24, 2.45) is 5.73 Å². The maximum absolute atomic E-state index is 12.8. The minimum absolute atomic E-state index is 0.223. The Morgan fingerprint density at radius 2 is 1.68 bits per heavy atom. The fourth-order valence-electron chi connectivity index (χ4n) is 3.11. The molecule has 2 aromatic heterocycles. The second-order valence-corrected chi connectivity index (χ2v) is 7.69. The molecule has 31 heavy (non-hydrogen) atoms. The van der Waals surface area contributed by atoms with E-state index in [1.54, 1.807) is 29.6 Å². The highest BCUT2D eigenvalue weighted by atomic mass is 32.1. The molecular formula is C22H20N6O2S. The van der Waals surface area contributed by atoms with Crippen LogP contribution in [0.3, 0.4) is 0 Å². The second-order valence-electron chi connectivity index (χ2n) is 6.83. The highest BCUT2D eigenvalue weighted by Gasteiger charge is 2.17. The monoisotopic (exact) mass is 432 g/mol. The molecule has 0 fully saturated rings. The number of rotatable bonds is 5. The summed E-state index contributed by atoms with van der Waals surface area (Å²) in [4.78, 5) is 34.0. The molecule has 0 aliphatic rings. The van der Waals surface area contributed by atoms with Crippen molar-refractivity contribution in [2.45, 2.75) is 13.5 Å². The Balaban J connectivity index is 1.42. The van der Waals surface area contributed by atoms with E-state index in [1.165, 1.54) is 17.7 Å². The van der Waals surface area contributed by atoms with Crippen LogP contribution in [0.2, 0.25) is 0 Å². The summed E-state index contributed by atoms with van der Waals surface area (Å²) in [5, 5.41) is 10.8. The first-order chi connectivity index (χ1) is 15.0. The Morgan fingerprint density at radius 3 is 2.39 bits per heavy atom. The van der Waals surface area contributed by atoms with E-state index >= 15 is 0 Å². The van der Waals surface area contributed by atoms with Gasteiger partial charge < -0.3 is 21.7 Å². The Bertz CT molecular complexity index is 1250. The fourth-order valence-corrected chi connectivity index (χ4v) is 4.02. The van der Waals surface area contributed by atoms with Crippen molar-refractivity contribution in [1.29, 1.82) is 0 Å². The number of fused-ring (bicyclic) bond motifs is 1. The number of nitrogens with two attached hydrogens (primary N) is 1. The summed E-state index contributed by atoms with van der Waals surface area (Å²) in [6.45, 7) is 2.18. The molecule has 0 unspecified atom stereocenters. The number of amides is 3. The van der Waals surface area contributed by atoms with Crippen molar-refractivity contribution in [3.63, 3.8) is 0 Å². The molecule has 0 aliphatic heterocycles. The van der Waals surface area contributed by atoms with Crippen molar-refractivity contribution < 1.29 is 9.59 Å². The molecule has 2 heterocycles. The van der Waals surface area contributed by atoms with Gasteiger partial charge in [0.25, 0.3) is 5.91 Å². The molecule has 156 valence electrons. The van der Waals surface area contributed by atoms with Crippen LogP contribution in [0.25, 0.3) is 10.2 Å². The first-order valence-electron chi connectivity index (χ1n) is 9.50. The van der Waals surface area contributed by atoms with Gasteiger partial charge in [-0.3, -0.25) is 4.79 Å². The molecule has 4 rings (SSSR count). The summed E-state index contributed by atoms with van der Waals surface area (Å²) in [5.41, 5.74) is 9.84. The molecule has 0 aliphatic carbocycles. The van der Waals surface area contributed by atoms with Gasteiger partial charge in [-0.2, -0.15) is 0 Å². The zero-order chi connectivity index (χ0) is 21.8. The van der Waals surface area contributed by atoms with Gasteiger partial charge in [0.15, 0.2) is 0 Å². The number of anilines is 3. The van der Waals surface area contributed by atoms with E-state index in [9.17, 15) is 9.59 Å². The van der Waals surface area contributed by atoms with Crippen LogP contribution in [0.15, 0.2) is 60.2 Å². The predicted molar refractivity (Wildman–Crippen MR) is 124 cm³/mol. The van der Waals surface area contributed by atoms with Crippen LogP contribution >= 0.6 is 11.3 Å². The van der Waals surface area contributed by atoms with Crippen molar-refractivity contribution in [2.75, 3.05) is 16.0 Å². The standard InChI is InChI=1S/C22H20N6O2S/c1-13-3-2-4-16(9-13)28-22(30)27-15-7-5-14(6-8-15)26-20(29)17-11-31-21-19(17)18(10-23)24-12-25-21/h2-9,11-12H,10,23H2,1H3,(H,26,29)(H2,27,28,30). The summed E-state index contributed by atoms with van der Waals surface area (Å²) in [6, 6.07) is 14.1. The SMILES string of the molecule is Cc1cccc(NC(=O)Nc2ccc(NC(=O)c3csc4ncnc(CN)c34)cc2)c1. The predicted octanol–water partition coefficient (Wildman–Crippen LogP) is 4.35. The van der Waals surface area contributed by atoms with Crippen LogP contribution in [0.1, 0.15) is 21.6 Å². The van der Waals surface area contributed by atoms with Gasteiger partial charge in [-0.05, 0) is 48.9 Å². The molecule has 5 N–H and O–H groups in total. The van der Waals surface area contributed by atoms with E-state index in [-0.39, 0.29) is 18.5 Å². The molecule has 0 radical (unpaired) electrons. The van der Waals surface area contributed by atoms with Gasteiger partial charge in [-0.1, -0.05) is 12.1 Å². The fraction of sp³-hybridized carbons (Fsp3) is 0.0909. The molecule has 0 bridgehead atoms. The van der Waals surface area contributed by atoms with Crippen LogP contribution in [-0.2, 0) is 6.54 Å². The molecule has 9 heteroatoms. The minimum Gasteiger partial charge on any atom is -0.325 e. The van der Waals surface area contributed by atoms with E-state index in [1.807, 2.05) is 31.2 Å². The van der Waals surface area contributed by atoms with Gasteiger partial charge in [0.2, 0.25) is 0 Å². The quantitative estimate of drug-likeness (QED) is 0.373. The first-order valence-corrected chi connectivity index (χ1v) is 10.4. The van der Waals surface area contributed by atoms with Crippen LogP contribution in [0.5, 0.6) is 0 Å². The summed E-state index contributed by atoms with van der Waals surface area (Å²) in [5.74, 6) is -0.270. The smallest absolute Gasteiger partial charge is 0.323 e. The molecule has 0 saturated heterocycles. The van der Waals surface area contributed by atoms with Crippen LogP contribution < -0.4 is 21.7 Å². The number of urea groups is 1. The molecule has 0 spiro atoms. The molecule has 4 aromatic rings. The number of nitrogens with one attached hydrogen (secondary N) is 3. The summed E-state index contributed by atoms with van der Waals surface area (Å²) in [7, 11) is 0. The number of nitrogens with zero attached hydrogens (tertiary/aromatic N) is 2. The maximum atomic E-state index is 12.8. The van der Waals surface area contributed by atoms with Gasteiger partial charge in [-0.15, -0.1) is 11.3 Å². The third-order valence-corrected chi connectivity index (χ3v) is 5.45. The van der Waals surface area contributed by atoms with Crippen LogP contribution in [0, 0.1) is 6.92 Å². The Hall–Kier alpha value is -3.82. The zero-order valence-corrected chi connectivity index (χ0v) is 17.5. The van der Waals surface area contributed by atoms with Gasteiger partial charge >= 0.3 is 6.03 Å². The van der Waals surface area contributed by atoms with E-state index in [4.69, 9.17) is 5.73 Å². The third kappa shape index (κ3) is 4.68. The van der Waals surface area contributed by atoms with E-state index < -0.39 is 0 Å². The molecule has 8 nitrogen and oxygen atoms in total. The van der Waals surface area contributed by atoms with Crippen LogP contribution in [-0.4, -0.2) is 21.9 Å². The molecule has 0 saturated carbocycles. The number of hydrogen-bond acceptors (Lipinski definition) is 6. The Labute approximate surface area is 182 Å². The number of carbonyl (C=O) groups is 2. The van der Waals surface area contributed by atoms with E-state index in [2.05, 4.69) is 25.9 Å². The molecular weight excluding hydrogens is 412 g/mol. The number of carbonyl (C=O) groups excluding carboxylic acids is 2. The Morgan fingerprint density at radius 1 is 0.968 bits per heavy atom. The average Bonchev–Trinajstić information content (AvgIpc) is 3.19. The summed E-state index contributed by atoms with van der Waals surface area (Å²) in [6.07, 6.45) is 1.45. The lowest BCUT2D eigenvalue weighted by Gasteiger charge is -2.10. The molecule has 0 atom stereocenters. The Kier molecular flexibility index (Phi) is 5.87. The number of benzene rings is 2. The van der Waals surface area contributed by atoms with Gasteiger partial charge in [0.1, 0.15) is 11.2 Å². The topological polar surface area (TPSA) is 122 Å². The lowest BCUT2D eigenvalue weighted by Crippen LogP contribution is -2.19. The van der Waals surface area contributed by atoms with Gasteiger partial charge in [0, 0.05) is 34.4 Å². The first kappa shape index (κ1) is 20.5. The molecule has 2 aromatic carbocycles. The zero-order valence-electron chi connectivity index (χ0n) is 16.7. The summed E-state index contributed by atoms with van der Waals surface area (Å²) >= 11 is 1.37. The lowest BCUT2D eigenvalue weighted by atomic mass is 10.1. The average molecular weight is 433 g/mol. The van der Waals surface area contributed by atoms with Crippen molar-refractivity contribution in [1.82, 2.24) is 9.97 Å². The largest absolute Gasteiger partial charge is 0.325 e. The van der Waals surface area contributed by atoms with E-state index in [0.717, 1.165) is 10.4 Å². The highest BCUT2D eigenvalue weighted by Crippen LogP contribution is 2.27. The number of thiophene rings is 1. The minimum atomic E-state index is -0.346. The molecule has 3 amide bonds. The van der Waals surface area contributed by atoms with E-state index in [0.29, 0.717) is 33.7 Å². The highest BCUT2D eigenvalue weighted by molar-refractivity contribution is 7.17. The number of hydrogen-bond donors (Lipinski definition) is 4. The number of aryl methyl sites for hydroxylation is 1. The maximum Gasteiger partial charge on any atom is 0.323 e. The third-order valence-electron chi connectivity index (χ3n) is 4.56. The van der Waals surface area contributed by atoms with Crippen LogP contribution in [0.4, 0.5) is 21.9 Å². The van der Waals surface area contributed by atoms with Gasteiger partial charge in [0.05, 0.1) is 11.3 Å². The number of aromatic nitrogens is 2. The summed E-state index contributed by atoms with van der Waals surface area (Å²) < 4.78 is 0. The van der Waals surface area contributed by atoms with Crippen molar-refractivity contribution in [3.05, 3.63) is 77.1 Å².